The summed E-state index contributed by atoms with van der Waals surface area (Å²) in [5.41, 5.74) is 2.72. The zero-order chi connectivity index (χ0) is 19.5. The van der Waals surface area contributed by atoms with Gasteiger partial charge in [-0.15, -0.1) is 0 Å². The Morgan fingerprint density at radius 1 is 0.893 bits per heavy atom. The quantitative estimate of drug-likeness (QED) is 0.666. The van der Waals surface area contributed by atoms with Crippen LogP contribution in [0.4, 0.5) is 5.69 Å². The molecule has 6 heteroatoms. The van der Waals surface area contributed by atoms with Gasteiger partial charge in [0.05, 0.1) is 12.1 Å². The molecular weight excluding hydrogens is 374 g/mol. The van der Waals surface area contributed by atoms with Crippen molar-refractivity contribution in [3.8, 4) is 0 Å². The van der Waals surface area contributed by atoms with Crippen LogP contribution in [0.5, 0.6) is 0 Å². The number of rotatable bonds is 5. The van der Waals surface area contributed by atoms with Crippen molar-refractivity contribution in [2.45, 2.75) is 6.54 Å². The lowest BCUT2D eigenvalue weighted by molar-refractivity contribution is -0.137. The van der Waals surface area contributed by atoms with Gasteiger partial charge in [-0.1, -0.05) is 48.0 Å². The molecule has 1 aliphatic rings. The second-order valence-electron chi connectivity index (χ2n) is 6.31. The summed E-state index contributed by atoms with van der Waals surface area (Å²) in [7, 11) is 0. The molecule has 0 saturated heterocycles. The van der Waals surface area contributed by atoms with E-state index in [1.807, 2.05) is 36.4 Å². The van der Waals surface area contributed by atoms with Gasteiger partial charge in [0.1, 0.15) is 5.70 Å². The largest absolute Gasteiger partial charge is 0.350 e. The Morgan fingerprint density at radius 2 is 1.64 bits per heavy atom. The molecule has 2 amide bonds. The fraction of sp³-hybridized carbons (Fsp3) is 0.0455. The highest BCUT2D eigenvalue weighted by Crippen LogP contribution is 2.32. The number of nitrogens with zero attached hydrogens (tertiary/aromatic N) is 2. The molecule has 5 nitrogen and oxygen atoms in total. The predicted octanol–water partition coefficient (Wildman–Crippen LogP) is 4.13. The van der Waals surface area contributed by atoms with E-state index in [4.69, 9.17) is 11.6 Å². The van der Waals surface area contributed by atoms with Gasteiger partial charge in [0, 0.05) is 23.1 Å². The average molecular weight is 390 g/mol. The molecule has 4 rings (SSSR count). The van der Waals surface area contributed by atoms with Crippen molar-refractivity contribution in [2.24, 2.45) is 0 Å². The summed E-state index contributed by atoms with van der Waals surface area (Å²) < 4.78 is 0. The molecule has 2 heterocycles. The Bertz CT molecular complexity index is 1050. The van der Waals surface area contributed by atoms with E-state index in [0.717, 1.165) is 11.3 Å². The molecule has 1 N–H and O–H groups in total. The molecule has 1 aromatic heterocycles. The van der Waals surface area contributed by atoms with Crippen LogP contribution >= 0.6 is 11.6 Å². The van der Waals surface area contributed by atoms with Gasteiger partial charge in [-0.25, -0.2) is 0 Å². The SMILES string of the molecule is O=C1C(Nc2ccccc2)=C(c2ccc(Cl)cc2)C(=O)N1Cc1cccnc1. The first kappa shape index (κ1) is 17.9. The van der Waals surface area contributed by atoms with Crippen LogP contribution in [0.2, 0.25) is 5.02 Å². The Balaban J connectivity index is 1.74. The maximum atomic E-state index is 13.2. The molecule has 138 valence electrons. The minimum Gasteiger partial charge on any atom is -0.350 e. The zero-order valence-corrected chi connectivity index (χ0v) is 15.6. The number of nitrogens with one attached hydrogen (secondary N) is 1. The van der Waals surface area contributed by atoms with Gasteiger partial charge in [-0.3, -0.25) is 19.5 Å². The second-order valence-corrected chi connectivity index (χ2v) is 6.74. The molecule has 28 heavy (non-hydrogen) atoms. The molecule has 0 aliphatic carbocycles. The van der Waals surface area contributed by atoms with Crippen molar-refractivity contribution < 1.29 is 9.59 Å². The van der Waals surface area contributed by atoms with Gasteiger partial charge in [-0.05, 0) is 41.5 Å². The van der Waals surface area contributed by atoms with Crippen LogP contribution in [-0.2, 0) is 16.1 Å². The topological polar surface area (TPSA) is 62.3 Å². The molecule has 3 aromatic rings. The van der Waals surface area contributed by atoms with Crippen LogP contribution in [0, 0.1) is 0 Å². The van der Waals surface area contributed by atoms with Crippen molar-refractivity contribution in [3.05, 3.63) is 101 Å². The number of halogens is 1. The van der Waals surface area contributed by atoms with Gasteiger partial charge in [0.25, 0.3) is 11.8 Å². The third-order valence-corrected chi connectivity index (χ3v) is 4.66. The number of anilines is 1. The summed E-state index contributed by atoms with van der Waals surface area (Å²) in [5, 5.41) is 3.68. The van der Waals surface area contributed by atoms with E-state index in [2.05, 4.69) is 10.3 Å². The normalized spacial score (nSPS) is 14.0. The minimum absolute atomic E-state index is 0.155. The number of amides is 2. The van der Waals surface area contributed by atoms with E-state index in [9.17, 15) is 9.59 Å². The van der Waals surface area contributed by atoms with Crippen molar-refractivity contribution in [1.29, 1.82) is 0 Å². The van der Waals surface area contributed by atoms with E-state index < -0.39 is 0 Å². The number of hydrogen-bond acceptors (Lipinski definition) is 4. The van der Waals surface area contributed by atoms with Crippen molar-refractivity contribution >= 4 is 34.7 Å². The summed E-state index contributed by atoms with van der Waals surface area (Å²) in [6.45, 7) is 0.155. The number of para-hydroxylation sites is 1. The molecule has 0 radical (unpaired) electrons. The number of pyridine rings is 1. The third-order valence-electron chi connectivity index (χ3n) is 4.41. The number of carbonyl (C=O) groups is 2. The van der Waals surface area contributed by atoms with Crippen LogP contribution in [0.3, 0.4) is 0 Å². The summed E-state index contributed by atoms with van der Waals surface area (Å²) in [5.74, 6) is -0.725. The highest BCUT2D eigenvalue weighted by atomic mass is 35.5. The fourth-order valence-electron chi connectivity index (χ4n) is 3.06. The van der Waals surface area contributed by atoms with Gasteiger partial charge in [0.15, 0.2) is 0 Å². The lowest BCUT2D eigenvalue weighted by Gasteiger charge is -2.15. The van der Waals surface area contributed by atoms with Gasteiger partial charge >= 0.3 is 0 Å². The molecule has 0 fully saturated rings. The summed E-state index contributed by atoms with van der Waals surface area (Å²) in [6.07, 6.45) is 3.29. The summed E-state index contributed by atoms with van der Waals surface area (Å²) >= 11 is 5.98. The molecule has 1 aliphatic heterocycles. The monoisotopic (exact) mass is 389 g/mol. The number of aromatic nitrogens is 1. The number of carbonyl (C=O) groups excluding carboxylic acids is 2. The van der Waals surface area contributed by atoms with Crippen LogP contribution in [0.15, 0.2) is 84.8 Å². The molecule has 0 atom stereocenters. The van der Waals surface area contributed by atoms with Crippen LogP contribution in [0.1, 0.15) is 11.1 Å². The lowest BCUT2D eigenvalue weighted by atomic mass is 10.0. The molecule has 0 bridgehead atoms. The van der Waals surface area contributed by atoms with E-state index in [1.54, 1.807) is 42.7 Å². The minimum atomic E-state index is -0.373. The van der Waals surface area contributed by atoms with E-state index in [1.165, 1.54) is 4.90 Å². The smallest absolute Gasteiger partial charge is 0.278 e. The first-order valence-corrected chi connectivity index (χ1v) is 9.08. The van der Waals surface area contributed by atoms with E-state index in [-0.39, 0.29) is 24.1 Å². The van der Waals surface area contributed by atoms with Crippen LogP contribution in [-0.4, -0.2) is 21.7 Å². The second kappa shape index (κ2) is 7.66. The Kier molecular flexibility index (Phi) is 4.91. The van der Waals surface area contributed by atoms with Gasteiger partial charge in [0.2, 0.25) is 0 Å². The molecule has 0 unspecified atom stereocenters. The molecular formula is C22H16ClN3O2. The van der Waals surface area contributed by atoms with Crippen molar-refractivity contribution in [2.75, 3.05) is 5.32 Å². The Morgan fingerprint density at radius 3 is 2.32 bits per heavy atom. The standard InChI is InChI=1S/C22H16ClN3O2/c23-17-10-8-16(9-11-17)19-20(25-18-6-2-1-3-7-18)22(28)26(21(19)27)14-15-5-4-12-24-13-15/h1-13,25H,14H2. The Hall–Kier alpha value is -3.44. The Labute approximate surface area is 167 Å². The molecule has 2 aromatic carbocycles. The highest BCUT2D eigenvalue weighted by Gasteiger charge is 2.39. The predicted molar refractivity (Wildman–Crippen MR) is 108 cm³/mol. The number of imide groups is 1. The first-order valence-electron chi connectivity index (χ1n) is 8.71. The average Bonchev–Trinajstić information content (AvgIpc) is 2.95. The van der Waals surface area contributed by atoms with Crippen molar-refractivity contribution in [3.63, 3.8) is 0 Å². The van der Waals surface area contributed by atoms with Crippen molar-refractivity contribution in [1.82, 2.24) is 9.88 Å². The summed E-state index contributed by atoms with van der Waals surface area (Å²) in [6, 6.07) is 19.8. The van der Waals surface area contributed by atoms with E-state index in [0.29, 0.717) is 16.2 Å². The maximum absolute atomic E-state index is 13.2. The number of benzene rings is 2. The van der Waals surface area contributed by atoms with Crippen LogP contribution < -0.4 is 5.32 Å². The number of hydrogen-bond donors (Lipinski definition) is 1. The summed E-state index contributed by atoms with van der Waals surface area (Å²) in [4.78, 5) is 31.6. The van der Waals surface area contributed by atoms with Crippen LogP contribution in [0.25, 0.3) is 5.57 Å². The zero-order valence-electron chi connectivity index (χ0n) is 14.8. The van der Waals surface area contributed by atoms with E-state index >= 15 is 0 Å². The first-order chi connectivity index (χ1) is 13.6. The molecule has 0 spiro atoms. The third kappa shape index (κ3) is 3.52. The fourth-order valence-corrected chi connectivity index (χ4v) is 3.19. The molecule has 0 saturated carbocycles. The lowest BCUT2D eigenvalue weighted by Crippen LogP contribution is -2.32. The van der Waals surface area contributed by atoms with Gasteiger partial charge < -0.3 is 5.32 Å². The maximum Gasteiger partial charge on any atom is 0.278 e. The highest BCUT2D eigenvalue weighted by molar-refractivity contribution is 6.36. The van der Waals surface area contributed by atoms with Gasteiger partial charge in [-0.2, -0.15) is 0 Å².